The number of hydrogen-bond donors (Lipinski definition) is 0. The fraction of sp³-hybridized carbons (Fsp3) is 0.375. The Balaban J connectivity index is 3.00. The predicted molar refractivity (Wildman–Crippen MR) is 49.0 cm³/mol. The Bertz CT molecular complexity index is 292. The number of nitrogens with zero attached hydrogens (tertiary/aromatic N) is 1. The van der Waals surface area contributed by atoms with Crippen molar-refractivity contribution < 1.29 is 0 Å². The third-order valence-electron chi connectivity index (χ3n) is 1.42. The molecule has 0 radical (unpaired) electrons. The van der Waals surface area contributed by atoms with Gasteiger partial charge in [0.15, 0.2) is 0 Å². The maximum Gasteiger partial charge on any atom is 0.251 e. The van der Waals surface area contributed by atoms with Gasteiger partial charge in [-0.05, 0) is 24.8 Å². The van der Waals surface area contributed by atoms with E-state index in [0.717, 1.165) is 11.4 Å². The van der Waals surface area contributed by atoms with Crippen molar-refractivity contribution in [3.8, 4) is 0 Å². The van der Waals surface area contributed by atoms with Crippen LogP contribution in [0.5, 0.6) is 0 Å². The Morgan fingerprint density at radius 1 is 1.64 bits per heavy atom. The summed E-state index contributed by atoms with van der Waals surface area (Å²) in [6.07, 6.45) is 3.81. The Kier molecular flexibility index (Phi) is 2.76. The maximum atomic E-state index is 11.2. The van der Waals surface area contributed by atoms with Crippen molar-refractivity contribution in [2.45, 2.75) is 12.8 Å². The molecule has 0 saturated heterocycles. The number of thioether (sulfide) groups is 1. The molecule has 1 aromatic rings. The fourth-order valence-electron chi connectivity index (χ4n) is 0.853. The van der Waals surface area contributed by atoms with Gasteiger partial charge in [0.25, 0.3) is 5.56 Å². The Hall–Kier alpha value is -0.700. The van der Waals surface area contributed by atoms with Crippen LogP contribution in [0.4, 0.5) is 0 Å². The molecule has 3 heteroatoms. The van der Waals surface area contributed by atoms with Crippen molar-refractivity contribution in [3.63, 3.8) is 0 Å². The number of aromatic nitrogens is 1. The van der Waals surface area contributed by atoms with E-state index in [1.165, 1.54) is 0 Å². The monoisotopic (exact) mass is 169 g/mol. The van der Waals surface area contributed by atoms with Crippen LogP contribution < -0.4 is 5.56 Å². The van der Waals surface area contributed by atoms with E-state index in [1.54, 1.807) is 22.4 Å². The molecular weight excluding hydrogens is 158 g/mol. The molecule has 0 fully saturated rings. The molecule has 2 nitrogen and oxygen atoms in total. The van der Waals surface area contributed by atoms with Crippen molar-refractivity contribution in [2.75, 3.05) is 6.26 Å². The van der Waals surface area contributed by atoms with Crippen LogP contribution in [-0.4, -0.2) is 10.8 Å². The highest BCUT2D eigenvalue weighted by Crippen LogP contribution is 1.97. The number of hydrogen-bond acceptors (Lipinski definition) is 2. The van der Waals surface area contributed by atoms with E-state index in [2.05, 4.69) is 0 Å². The topological polar surface area (TPSA) is 22.0 Å². The van der Waals surface area contributed by atoms with Gasteiger partial charge in [-0.1, -0.05) is 0 Å². The average Bonchev–Trinajstić information content (AvgIpc) is 1.95. The van der Waals surface area contributed by atoms with Gasteiger partial charge in [0.05, 0.1) is 5.88 Å². The van der Waals surface area contributed by atoms with Gasteiger partial charge < -0.3 is 4.57 Å². The lowest BCUT2D eigenvalue weighted by molar-refractivity contribution is 0.837. The molecular formula is C8H11NOS. The first-order valence-corrected chi connectivity index (χ1v) is 4.79. The van der Waals surface area contributed by atoms with E-state index in [4.69, 9.17) is 0 Å². The van der Waals surface area contributed by atoms with Crippen molar-refractivity contribution in [3.05, 3.63) is 34.2 Å². The minimum atomic E-state index is 0.0827. The number of pyridine rings is 1. The molecule has 0 amide bonds. The summed E-state index contributed by atoms with van der Waals surface area (Å²) in [5, 5.41) is 0. The van der Waals surface area contributed by atoms with Crippen LogP contribution in [0.15, 0.2) is 23.1 Å². The van der Waals surface area contributed by atoms with Gasteiger partial charge in [0.1, 0.15) is 0 Å². The normalized spacial score (nSPS) is 10.0. The Morgan fingerprint density at radius 2 is 2.36 bits per heavy atom. The third kappa shape index (κ3) is 2.12. The molecule has 0 atom stereocenters. The van der Waals surface area contributed by atoms with Gasteiger partial charge in [0, 0.05) is 12.3 Å². The SMILES string of the molecule is CSCn1ccc(C)cc1=O. The summed E-state index contributed by atoms with van der Waals surface area (Å²) >= 11 is 1.64. The quantitative estimate of drug-likeness (QED) is 0.669. The van der Waals surface area contributed by atoms with E-state index in [-0.39, 0.29) is 5.56 Å². The first kappa shape index (κ1) is 8.40. The molecule has 0 saturated carbocycles. The zero-order valence-electron chi connectivity index (χ0n) is 6.70. The molecule has 1 heterocycles. The zero-order chi connectivity index (χ0) is 8.27. The van der Waals surface area contributed by atoms with Crippen LogP contribution in [0, 0.1) is 6.92 Å². The average molecular weight is 169 g/mol. The van der Waals surface area contributed by atoms with Crippen LogP contribution in [0.3, 0.4) is 0 Å². The minimum absolute atomic E-state index is 0.0827. The van der Waals surface area contributed by atoms with Crippen LogP contribution in [0.2, 0.25) is 0 Å². The van der Waals surface area contributed by atoms with Crippen molar-refractivity contribution in [2.24, 2.45) is 0 Å². The van der Waals surface area contributed by atoms with Crippen LogP contribution in [0.25, 0.3) is 0 Å². The van der Waals surface area contributed by atoms with Crippen LogP contribution in [0.1, 0.15) is 5.56 Å². The molecule has 0 unspecified atom stereocenters. The van der Waals surface area contributed by atoms with Gasteiger partial charge in [-0.25, -0.2) is 0 Å². The molecule has 0 spiro atoms. The molecule has 11 heavy (non-hydrogen) atoms. The predicted octanol–water partition coefficient (Wildman–Crippen LogP) is 1.48. The summed E-state index contributed by atoms with van der Waals surface area (Å²) in [7, 11) is 0. The molecule has 60 valence electrons. The van der Waals surface area contributed by atoms with Crippen LogP contribution in [-0.2, 0) is 5.88 Å². The lowest BCUT2D eigenvalue weighted by atomic mass is 10.3. The minimum Gasteiger partial charge on any atom is -0.306 e. The summed E-state index contributed by atoms with van der Waals surface area (Å²) in [5.41, 5.74) is 1.10. The smallest absolute Gasteiger partial charge is 0.251 e. The Morgan fingerprint density at radius 3 is 2.91 bits per heavy atom. The second kappa shape index (κ2) is 3.62. The van der Waals surface area contributed by atoms with Gasteiger partial charge in [-0.15, -0.1) is 11.8 Å². The first-order valence-electron chi connectivity index (χ1n) is 3.40. The lowest BCUT2D eigenvalue weighted by Gasteiger charge is -2.01. The standard InChI is InChI=1S/C8H11NOS/c1-7-3-4-9(6-11-2)8(10)5-7/h3-5H,6H2,1-2H3. The fourth-order valence-corrected chi connectivity index (χ4v) is 1.34. The van der Waals surface area contributed by atoms with E-state index in [0.29, 0.717) is 0 Å². The molecule has 0 aromatic carbocycles. The molecule has 0 aliphatic rings. The van der Waals surface area contributed by atoms with Crippen molar-refractivity contribution >= 4 is 11.8 Å². The highest BCUT2D eigenvalue weighted by molar-refractivity contribution is 7.97. The van der Waals surface area contributed by atoms with Gasteiger partial charge in [-0.3, -0.25) is 4.79 Å². The Labute approximate surface area is 70.2 Å². The highest BCUT2D eigenvalue weighted by Gasteiger charge is 1.92. The van der Waals surface area contributed by atoms with Crippen molar-refractivity contribution in [1.29, 1.82) is 0 Å². The molecule has 0 N–H and O–H groups in total. The second-order valence-corrected chi connectivity index (χ2v) is 3.27. The molecule has 0 aliphatic carbocycles. The molecule has 0 bridgehead atoms. The van der Waals surface area contributed by atoms with Gasteiger partial charge in [-0.2, -0.15) is 0 Å². The first-order chi connectivity index (χ1) is 5.24. The zero-order valence-corrected chi connectivity index (χ0v) is 7.52. The van der Waals surface area contributed by atoms with Gasteiger partial charge >= 0.3 is 0 Å². The maximum absolute atomic E-state index is 11.2. The summed E-state index contributed by atoms with van der Waals surface area (Å²) in [6, 6.07) is 3.59. The summed E-state index contributed by atoms with van der Waals surface area (Å²) in [6.45, 7) is 1.92. The van der Waals surface area contributed by atoms with Crippen molar-refractivity contribution in [1.82, 2.24) is 4.57 Å². The van der Waals surface area contributed by atoms with E-state index >= 15 is 0 Å². The van der Waals surface area contributed by atoms with E-state index in [9.17, 15) is 4.79 Å². The number of aryl methyl sites for hydroxylation is 1. The van der Waals surface area contributed by atoms with Gasteiger partial charge in [0.2, 0.25) is 0 Å². The molecule has 0 aliphatic heterocycles. The summed E-state index contributed by atoms with van der Waals surface area (Å²) < 4.78 is 1.69. The van der Waals surface area contributed by atoms with Crippen LogP contribution >= 0.6 is 11.8 Å². The van der Waals surface area contributed by atoms with E-state index in [1.807, 2.05) is 25.4 Å². The number of rotatable bonds is 2. The highest BCUT2D eigenvalue weighted by atomic mass is 32.2. The largest absolute Gasteiger partial charge is 0.306 e. The summed E-state index contributed by atoms with van der Waals surface area (Å²) in [5.74, 6) is 0.735. The molecule has 1 rings (SSSR count). The second-order valence-electron chi connectivity index (χ2n) is 2.43. The lowest BCUT2D eigenvalue weighted by Crippen LogP contribution is -2.17. The van der Waals surface area contributed by atoms with E-state index < -0.39 is 0 Å². The third-order valence-corrected chi connectivity index (χ3v) is 1.96. The summed E-state index contributed by atoms with van der Waals surface area (Å²) in [4.78, 5) is 11.2. The molecule has 1 aromatic heterocycles.